The fourth-order valence-electron chi connectivity index (χ4n) is 6.18. The Balaban J connectivity index is 1.33. The summed E-state index contributed by atoms with van der Waals surface area (Å²) >= 11 is 0. The van der Waals surface area contributed by atoms with Crippen LogP contribution in [0.4, 0.5) is 0 Å². The molecule has 0 spiro atoms. The molecule has 8 aromatic rings. The second-order valence-electron chi connectivity index (χ2n) is 10.4. The molecule has 0 bridgehead atoms. The van der Waals surface area contributed by atoms with Crippen LogP contribution in [0.25, 0.3) is 59.8 Å². The molecule has 41 heavy (non-hydrogen) atoms. The van der Waals surface area contributed by atoms with Crippen LogP contribution in [0.15, 0.2) is 145 Å². The molecule has 0 amide bonds. The summed E-state index contributed by atoms with van der Waals surface area (Å²) in [7, 11) is 0. The number of aliphatic imine (C=N–C) groups is 1. The van der Waals surface area contributed by atoms with Gasteiger partial charge in [0.25, 0.3) is 0 Å². The van der Waals surface area contributed by atoms with E-state index in [9.17, 15) is 0 Å². The van der Waals surface area contributed by atoms with Crippen LogP contribution in [0.1, 0.15) is 11.1 Å². The van der Waals surface area contributed by atoms with E-state index in [1.165, 1.54) is 48.7 Å². The number of benzene rings is 7. The van der Waals surface area contributed by atoms with E-state index in [1.807, 2.05) is 36.4 Å². The first-order valence-corrected chi connectivity index (χ1v) is 13.8. The van der Waals surface area contributed by atoms with E-state index in [0.29, 0.717) is 0 Å². The number of hydrogen-bond donors (Lipinski definition) is 1. The third-order valence-corrected chi connectivity index (χ3v) is 8.07. The zero-order valence-corrected chi connectivity index (χ0v) is 22.3. The van der Waals surface area contributed by atoms with Gasteiger partial charge in [0.05, 0.1) is 11.0 Å². The lowest BCUT2D eigenvalue weighted by Crippen LogP contribution is -1.97. The molecule has 7 aromatic carbocycles. The second kappa shape index (κ2) is 9.29. The Morgan fingerprint density at radius 2 is 1.00 bits per heavy atom. The van der Waals surface area contributed by atoms with Crippen molar-refractivity contribution in [3.63, 3.8) is 0 Å². The van der Waals surface area contributed by atoms with E-state index in [2.05, 4.69) is 113 Å². The maximum absolute atomic E-state index is 8.66. The molecule has 0 aliphatic rings. The van der Waals surface area contributed by atoms with Crippen molar-refractivity contribution >= 4 is 66.2 Å². The molecular formula is C38H25N3. The molecule has 0 fully saturated rings. The lowest BCUT2D eigenvalue weighted by Gasteiger charge is -2.14. The average molecular weight is 524 g/mol. The van der Waals surface area contributed by atoms with Crippen molar-refractivity contribution in [1.82, 2.24) is 4.57 Å². The van der Waals surface area contributed by atoms with Crippen LogP contribution in [0.5, 0.6) is 0 Å². The number of amidine groups is 1. The van der Waals surface area contributed by atoms with Gasteiger partial charge in [0.15, 0.2) is 5.84 Å². The molecular weight excluding hydrogens is 498 g/mol. The number of aromatic nitrogens is 1. The standard InChI is InChI=1S/C38H25N3/c39-38(40-24-25-10-2-1-3-11-25)26-18-20-30-31-21-19-27(23-35(31)29-13-5-4-12-28(29)34(30)22-26)41-36-16-8-6-14-32(36)33-15-7-9-17-37(33)41/h1-24,39H/b39-38?,40-24+. The summed E-state index contributed by atoms with van der Waals surface area (Å²) in [6.07, 6.45) is 1.75. The number of fused-ring (bicyclic) bond motifs is 9. The van der Waals surface area contributed by atoms with Crippen LogP contribution in [-0.4, -0.2) is 16.6 Å². The van der Waals surface area contributed by atoms with Crippen molar-refractivity contribution in [2.24, 2.45) is 4.99 Å². The molecule has 1 aromatic heterocycles. The van der Waals surface area contributed by atoms with Crippen LogP contribution in [0, 0.1) is 5.41 Å². The zero-order chi connectivity index (χ0) is 27.3. The fourth-order valence-corrected chi connectivity index (χ4v) is 6.18. The van der Waals surface area contributed by atoms with Crippen LogP contribution in [-0.2, 0) is 0 Å². The molecule has 3 nitrogen and oxygen atoms in total. The van der Waals surface area contributed by atoms with Gasteiger partial charge in [0.2, 0.25) is 0 Å². The van der Waals surface area contributed by atoms with Crippen molar-refractivity contribution in [2.75, 3.05) is 0 Å². The van der Waals surface area contributed by atoms with Gasteiger partial charge in [-0.05, 0) is 68.2 Å². The molecule has 0 aliphatic carbocycles. The monoisotopic (exact) mass is 523 g/mol. The Morgan fingerprint density at radius 1 is 0.488 bits per heavy atom. The van der Waals surface area contributed by atoms with Gasteiger partial charge in [-0.15, -0.1) is 0 Å². The molecule has 0 saturated carbocycles. The number of nitrogens with zero attached hydrogens (tertiary/aromatic N) is 2. The van der Waals surface area contributed by atoms with E-state index in [4.69, 9.17) is 5.41 Å². The smallest absolute Gasteiger partial charge is 0.151 e. The topological polar surface area (TPSA) is 41.1 Å². The van der Waals surface area contributed by atoms with Gasteiger partial charge in [-0.25, -0.2) is 4.99 Å². The minimum Gasteiger partial charge on any atom is -0.309 e. The molecule has 0 unspecified atom stereocenters. The summed E-state index contributed by atoms with van der Waals surface area (Å²) in [6, 6.07) is 48.9. The summed E-state index contributed by atoms with van der Waals surface area (Å²) in [5.74, 6) is 0.252. The quantitative estimate of drug-likeness (QED) is 0.136. The molecule has 0 saturated heterocycles. The van der Waals surface area contributed by atoms with Gasteiger partial charge < -0.3 is 4.57 Å². The first-order valence-electron chi connectivity index (χ1n) is 13.8. The molecule has 1 heterocycles. The average Bonchev–Trinajstić information content (AvgIpc) is 3.38. The zero-order valence-electron chi connectivity index (χ0n) is 22.3. The van der Waals surface area contributed by atoms with Crippen molar-refractivity contribution in [1.29, 1.82) is 5.41 Å². The van der Waals surface area contributed by atoms with Crippen molar-refractivity contribution in [3.8, 4) is 5.69 Å². The van der Waals surface area contributed by atoms with Crippen LogP contribution < -0.4 is 0 Å². The molecule has 0 radical (unpaired) electrons. The lowest BCUT2D eigenvalue weighted by molar-refractivity contribution is 1.19. The first kappa shape index (κ1) is 23.4. The summed E-state index contributed by atoms with van der Waals surface area (Å²) in [6.45, 7) is 0. The van der Waals surface area contributed by atoms with Crippen molar-refractivity contribution in [2.45, 2.75) is 0 Å². The molecule has 3 heteroatoms. The first-order chi connectivity index (χ1) is 20.3. The lowest BCUT2D eigenvalue weighted by atomic mass is 9.93. The Morgan fingerprint density at radius 3 is 1.66 bits per heavy atom. The SMILES string of the molecule is N=C(/N=C/c1ccccc1)c1ccc2c3ccc(-n4c5ccccc5c5ccccc54)cc3c3ccccc3c2c1. The predicted octanol–water partition coefficient (Wildman–Crippen LogP) is 9.69. The van der Waals surface area contributed by atoms with Crippen LogP contribution in [0.3, 0.4) is 0 Å². The van der Waals surface area contributed by atoms with E-state index in [0.717, 1.165) is 22.2 Å². The van der Waals surface area contributed by atoms with Gasteiger partial charge >= 0.3 is 0 Å². The van der Waals surface area contributed by atoms with Gasteiger partial charge in [-0.3, -0.25) is 5.41 Å². The molecule has 8 rings (SSSR count). The highest BCUT2D eigenvalue weighted by atomic mass is 15.0. The van der Waals surface area contributed by atoms with Gasteiger partial charge in [0, 0.05) is 28.2 Å². The third-order valence-electron chi connectivity index (χ3n) is 8.07. The van der Waals surface area contributed by atoms with Gasteiger partial charge in [-0.1, -0.05) is 109 Å². The highest BCUT2D eigenvalue weighted by Crippen LogP contribution is 2.38. The molecule has 192 valence electrons. The summed E-state index contributed by atoms with van der Waals surface area (Å²) < 4.78 is 2.37. The second-order valence-corrected chi connectivity index (χ2v) is 10.4. The van der Waals surface area contributed by atoms with Crippen molar-refractivity contribution in [3.05, 3.63) is 151 Å². The van der Waals surface area contributed by atoms with E-state index < -0.39 is 0 Å². The van der Waals surface area contributed by atoms with Gasteiger partial charge in [0.1, 0.15) is 0 Å². The normalized spacial score (nSPS) is 11.9. The number of rotatable bonds is 3. The Bertz CT molecular complexity index is 2250. The minimum atomic E-state index is 0.252. The Labute approximate surface area is 237 Å². The molecule has 1 N–H and O–H groups in total. The van der Waals surface area contributed by atoms with Crippen LogP contribution >= 0.6 is 0 Å². The summed E-state index contributed by atoms with van der Waals surface area (Å²) in [4.78, 5) is 4.46. The number of nitrogens with one attached hydrogen (secondary N) is 1. The maximum atomic E-state index is 8.66. The maximum Gasteiger partial charge on any atom is 0.151 e. The predicted molar refractivity (Wildman–Crippen MR) is 174 cm³/mol. The highest BCUT2D eigenvalue weighted by molar-refractivity contribution is 6.26. The highest BCUT2D eigenvalue weighted by Gasteiger charge is 2.15. The van der Waals surface area contributed by atoms with Crippen LogP contribution in [0.2, 0.25) is 0 Å². The van der Waals surface area contributed by atoms with E-state index in [1.54, 1.807) is 6.21 Å². The summed E-state index contributed by atoms with van der Waals surface area (Å²) in [5, 5.41) is 18.3. The van der Waals surface area contributed by atoms with Crippen molar-refractivity contribution < 1.29 is 0 Å². The number of hydrogen-bond acceptors (Lipinski definition) is 1. The Hall–Kier alpha value is -5.54. The summed E-state index contributed by atoms with van der Waals surface area (Å²) in [5.41, 5.74) is 5.34. The van der Waals surface area contributed by atoms with Gasteiger partial charge in [-0.2, -0.15) is 0 Å². The Kier molecular flexibility index (Phi) is 5.29. The molecule has 0 atom stereocenters. The number of para-hydroxylation sites is 2. The molecule has 0 aliphatic heterocycles. The van der Waals surface area contributed by atoms with E-state index >= 15 is 0 Å². The fraction of sp³-hybridized carbons (Fsp3) is 0. The van der Waals surface area contributed by atoms with E-state index in [-0.39, 0.29) is 5.84 Å². The minimum absolute atomic E-state index is 0.252. The third kappa shape index (κ3) is 3.75. The largest absolute Gasteiger partial charge is 0.309 e.